The second kappa shape index (κ2) is 15.5. The van der Waals surface area contributed by atoms with Crippen LogP contribution in [-0.2, 0) is 32.7 Å². The van der Waals surface area contributed by atoms with Crippen molar-refractivity contribution >= 4 is 6.21 Å². The fourth-order valence-corrected chi connectivity index (χ4v) is 2.89. The minimum absolute atomic E-state index is 0. The summed E-state index contributed by atoms with van der Waals surface area (Å²) in [7, 11) is 3.18. The Balaban J connectivity index is 0.00000480. The van der Waals surface area contributed by atoms with Crippen LogP contribution in [0, 0.1) is 0 Å². The van der Waals surface area contributed by atoms with Gasteiger partial charge in [0.1, 0.15) is 13.2 Å². The summed E-state index contributed by atoms with van der Waals surface area (Å²) in [5, 5.41) is 9.20. The molecule has 0 aromatic heterocycles. The van der Waals surface area contributed by atoms with Crippen LogP contribution in [0.5, 0.6) is 23.0 Å². The summed E-state index contributed by atoms with van der Waals surface area (Å²) in [6.07, 6.45) is 1.87. The normalized spacial score (nSPS) is 10.2. The van der Waals surface area contributed by atoms with Crippen molar-refractivity contribution in [1.29, 1.82) is 0 Å². The first-order valence-corrected chi connectivity index (χ1v) is 9.96. The molecule has 1 radical (unpaired) electrons. The van der Waals surface area contributed by atoms with E-state index in [0.29, 0.717) is 56.7 Å². The van der Waals surface area contributed by atoms with Gasteiger partial charge in [-0.25, -0.2) is 0 Å². The summed E-state index contributed by atoms with van der Waals surface area (Å²) in [6, 6.07) is 11.2. The van der Waals surface area contributed by atoms with Crippen molar-refractivity contribution in [3.8, 4) is 23.0 Å². The Morgan fingerprint density at radius 3 is 1.77 bits per heavy atom. The Hall–Kier alpha value is -2.26. The zero-order chi connectivity index (χ0) is 21.6. The maximum atomic E-state index is 9.20. The van der Waals surface area contributed by atoms with Crippen LogP contribution in [0.1, 0.15) is 18.1 Å². The minimum atomic E-state index is 0. The molecule has 0 saturated carbocycles. The van der Waals surface area contributed by atoms with Gasteiger partial charge >= 0.3 is 0 Å². The van der Waals surface area contributed by atoms with Crippen LogP contribution in [0.3, 0.4) is 0 Å². The first kappa shape index (κ1) is 26.8. The van der Waals surface area contributed by atoms with Gasteiger partial charge in [-0.15, -0.1) is 0 Å². The number of aryl methyl sites for hydroxylation is 1. The topological polar surface area (TPSA) is 77.7 Å². The summed E-state index contributed by atoms with van der Waals surface area (Å²) >= 11 is 0. The van der Waals surface area contributed by atoms with Gasteiger partial charge in [0.15, 0.2) is 23.0 Å². The number of hydrogen-bond acceptors (Lipinski definition) is 6. The Morgan fingerprint density at radius 1 is 0.742 bits per heavy atom. The molecule has 0 aliphatic heterocycles. The van der Waals surface area contributed by atoms with Crippen molar-refractivity contribution in [2.24, 2.45) is 0 Å². The Labute approximate surface area is 194 Å². The van der Waals surface area contributed by atoms with E-state index in [4.69, 9.17) is 28.4 Å². The second-order valence-corrected chi connectivity index (χ2v) is 6.23. The Bertz CT molecular complexity index is 787. The molecular weight excluding hydrogens is 445 g/mol. The predicted molar refractivity (Wildman–Crippen MR) is 117 cm³/mol. The number of para-hydroxylation sites is 2. The van der Waals surface area contributed by atoms with Gasteiger partial charge in [-0.2, -0.15) is 6.21 Å². The zero-order valence-electron chi connectivity index (χ0n) is 18.2. The largest absolute Gasteiger partial charge is 0.810 e. The van der Waals surface area contributed by atoms with Crippen molar-refractivity contribution in [3.05, 3.63) is 52.9 Å². The monoisotopic (exact) mass is 475 g/mol. The first-order valence-electron chi connectivity index (χ1n) is 9.96. The van der Waals surface area contributed by atoms with E-state index in [2.05, 4.69) is 6.92 Å². The van der Waals surface area contributed by atoms with Gasteiger partial charge in [0.2, 0.25) is 0 Å². The van der Waals surface area contributed by atoms with Gasteiger partial charge in [0.25, 0.3) is 0 Å². The molecule has 2 aromatic carbocycles. The molecule has 2 rings (SSSR count). The van der Waals surface area contributed by atoms with Crippen LogP contribution in [0.15, 0.2) is 36.4 Å². The van der Waals surface area contributed by atoms with Crippen molar-refractivity contribution in [3.63, 3.8) is 0 Å². The number of benzene rings is 2. The average molecular weight is 475 g/mol. The molecule has 0 aliphatic carbocycles. The Kier molecular flexibility index (Phi) is 13.4. The summed E-state index contributed by atoms with van der Waals surface area (Å²) in [6.45, 7) is 4.68. The van der Waals surface area contributed by atoms with Crippen molar-refractivity contribution in [2.75, 3.05) is 53.9 Å². The molecule has 0 atom stereocenters. The third-order valence-electron chi connectivity index (χ3n) is 4.34. The molecule has 0 spiro atoms. The summed E-state index contributed by atoms with van der Waals surface area (Å²) < 4.78 is 33.2. The number of rotatable bonds is 15. The van der Waals surface area contributed by atoms with E-state index >= 15 is 0 Å². The predicted octanol–water partition coefficient (Wildman–Crippen LogP) is 3.74. The fraction of sp³-hybridized carbons (Fsp3) is 0.435. The summed E-state index contributed by atoms with van der Waals surface area (Å²) in [5.41, 5.74) is 1.68. The summed E-state index contributed by atoms with van der Waals surface area (Å²) in [5.74, 6) is 2.55. The van der Waals surface area contributed by atoms with Crippen LogP contribution in [-0.4, -0.2) is 60.1 Å². The molecule has 0 bridgehead atoms. The number of nitrogens with zero attached hydrogens (tertiary/aromatic N) is 1. The van der Waals surface area contributed by atoms with Crippen LogP contribution in [0.2, 0.25) is 0 Å². The van der Waals surface area contributed by atoms with Gasteiger partial charge in [0, 0.05) is 16.8 Å². The van der Waals surface area contributed by atoms with Crippen LogP contribution < -0.4 is 18.9 Å². The summed E-state index contributed by atoms with van der Waals surface area (Å²) in [4.78, 5) is 0. The molecule has 0 amide bonds. The Morgan fingerprint density at radius 2 is 1.26 bits per heavy atom. The number of hydrogen-bond donors (Lipinski definition) is 0. The van der Waals surface area contributed by atoms with Crippen LogP contribution in [0.4, 0.5) is 0 Å². The molecule has 7 nitrogen and oxygen atoms in total. The number of methoxy groups -OCH3 is 2. The van der Waals surface area contributed by atoms with Gasteiger partial charge in [-0.1, -0.05) is 31.2 Å². The van der Waals surface area contributed by atoms with Crippen molar-refractivity contribution in [2.45, 2.75) is 13.3 Å². The fourth-order valence-electron chi connectivity index (χ4n) is 2.89. The molecule has 2 aromatic rings. The standard InChI is InChI=1S/C23H30NO6.Co/c1-4-18-7-5-9-20(22(18)25-2)29-15-13-27-11-12-28-14-16-30-21-10-6-8-19(17-24)23(21)26-3;/h5-10,17H,4,11-16H2,1-3H3;/q-1;. The average Bonchev–Trinajstić information content (AvgIpc) is 2.79. The molecule has 31 heavy (non-hydrogen) atoms. The van der Waals surface area contributed by atoms with Gasteiger partial charge in [0.05, 0.1) is 40.6 Å². The molecule has 0 unspecified atom stereocenters. The zero-order valence-corrected chi connectivity index (χ0v) is 19.3. The van der Waals surface area contributed by atoms with Gasteiger partial charge in [-0.05, 0) is 29.7 Å². The van der Waals surface area contributed by atoms with Crippen LogP contribution >= 0.6 is 0 Å². The smallest absolute Gasteiger partial charge is 0.166 e. The van der Waals surface area contributed by atoms with E-state index in [0.717, 1.165) is 29.7 Å². The number of ether oxygens (including phenoxy) is 6. The molecular formula is C23H30CoNO6-. The first-order chi connectivity index (χ1) is 14.7. The molecule has 0 saturated heterocycles. The van der Waals surface area contributed by atoms with Crippen molar-refractivity contribution < 1.29 is 45.2 Å². The SMILES string of the molecule is CCc1cccc(OCCOCCOCCOc2cccc(C=[N-])c2OC)c1OC.[Co]. The quantitative estimate of drug-likeness (QED) is 0.289. The molecule has 0 N–H and O–H groups in total. The minimum Gasteiger partial charge on any atom is -0.810 e. The van der Waals surface area contributed by atoms with Crippen LogP contribution in [0.25, 0.3) is 5.41 Å². The molecule has 173 valence electrons. The maximum absolute atomic E-state index is 9.20. The third kappa shape index (κ3) is 8.41. The maximum Gasteiger partial charge on any atom is 0.166 e. The second-order valence-electron chi connectivity index (χ2n) is 6.23. The van der Waals surface area contributed by atoms with E-state index in [1.165, 1.54) is 7.11 Å². The van der Waals surface area contributed by atoms with Crippen molar-refractivity contribution in [1.82, 2.24) is 0 Å². The van der Waals surface area contributed by atoms with E-state index in [-0.39, 0.29) is 16.8 Å². The third-order valence-corrected chi connectivity index (χ3v) is 4.34. The van der Waals surface area contributed by atoms with Gasteiger partial charge in [-0.3, -0.25) is 0 Å². The van der Waals surface area contributed by atoms with E-state index in [1.54, 1.807) is 25.3 Å². The van der Waals surface area contributed by atoms with E-state index in [9.17, 15) is 5.41 Å². The van der Waals surface area contributed by atoms with Gasteiger partial charge < -0.3 is 33.8 Å². The van der Waals surface area contributed by atoms with E-state index in [1.807, 2.05) is 18.2 Å². The molecule has 0 aliphatic rings. The molecule has 8 heteroatoms. The van der Waals surface area contributed by atoms with E-state index < -0.39 is 0 Å². The molecule has 0 fully saturated rings. The molecule has 0 heterocycles.